The molecule has 2 heterocycles. The smallest absolute Gasteiger partial charge is 0.273 e. The summed E-state index contributed by atoms with van der Waals surface area (Å²) in [6.45, 7) is 4.45. The number of rotatable bonds is 7. The molecule has 0 aliphatic carbocycles. The van der Waals surface area contributed by atoms with E-state index < -0.39 is 0 Å². The van der Waals surface area contributed by atoms with Crippen LogP contribution >= 0.6 is 0 Å². The van der Waals surface area contributed by atoms with Gasteiger partial charge in [-0.2, -0.15) is 5.10 Å². The first-order chi connectivity index (χ1) is 14.6. The fraction of sp³-hybridized carbons (Fsp3) is 0.217. The molecule has 0 fully saturated rings. The molecule has 0 bridgehead atoms. The van der Waals surface area contributed by atoms with Gasteiger partial charge in [-0.3, -0.25) is 9.89 Å². The number of carbonyl (C=O) groups excluding carboxylic acids is 1. The minimum atomic E-state index is -0.236. The summed E-state index contributed by atoms with van der Waals surface area (Å²) in [5, 5.41) is 18.5. The Labute approximate surface area is 175 Å². The molecule has 7 heteroatoms. The van der Waals surface area contributed by atoms with Crippen LogP contribution in [0.2, 0.25) is 0 Å². The summed E-state index contributed by atoms with van der Waals surface area (Å²) in [7, 11) is 0. The fourth-order valence-electron chi connectivity index (χ4n) is 3.61. The molecule has 2 N–H and O–H groups in total. The Morgan fingerprint density at radius 2 is 1.67 bits per heavy atom. The maximum absolute atomic E-state index is 12.6. The van der Waals surface area contributed by atoms with Gasteiger partial charge in [0.25, 0.3) is 5.91 Å². The first-order valence-corrected chi connectivity index (χ1v) is 9.94. The van der Waals surface area contributed by atoms with Gasteiger partial charge < -0.3 is 5.32 Å². The minimum Gasteiger partial charge on any atom is -0.350 e. The number of H-pyrrole nitrogens is 1. The van der Waals surface area contributed by atoms with E-state index in [2.05, 4.69) is 50.1 Å². The molecule has 0 spiro atoms. The van der Waals surface area contributed by atoms with Crippen LogP contribution in [0.1, 0.15) is 44.6 Å². The number of amides is 1. The molecule has 0 unspecified atom stereocenters. The van der Waals surface area contributed by atoms with Gasteiger partial charge in [-0.1, -0.05) is 65.9 Å². The lowest BCUT2D eigenvalue weighted by molar-refractivity contribution is 0.0949. The first kappa shape index (κ1) is 19.6. The zero-order valence-electron chi connectivity index (χ0n) is 17.0. The van der Waals surface area contributed by atoms with Crippen LogP contribution in [0.5, 0.6) is 0 Å². The Balaban J connectivity index is 1.50. The summed E-state index contributed by atoms with van der Waals surface area (Å²) in [6, 6.07) is 20.0. The second kappa shape index (κ2) is 8.73. The third-order valence-corrected chi connectivity index (χ3v) is 5.18. The Morgan fingerprint density at radius 1 is 1.03 bits per heavy atom. The van der Waals surface area contributed by atoms with Gasteiger partial charge in [-0.25, -0.2) is 4.68 Å². The van der Waals surface area contributed by atoms with Gasteiger partial charge in [-0.15, -0.1) is 5.10 Å². The Morgan fingerprint density at radius 3 is 2.23 bits per heavy atom. The number of carbonyl (C=O) groups is 1. The molecule has 0 saturated heterocycles. The number of hydrogen-bond donors (Lipinski definition) is 2. The maximum Gasteiger partial charge on any atom is 0.273 e. The Bertz CT molecular complexity index is 1060. The van der Waals surface area contributed by atoms with Crippen molar-refractivity contribution in [3.63, 3.8) is 0 Å². The number of aromatic nitrogens is 5. The maximum atomic E-state index is 12.6. The molecule has 4 rings (SSSR count). The number of aryl methyl sites for hydroxylation is 2. The molecule has 2 aromatic heterocycles. The molecule has 0 radical (unpaired) electrons. The van der Waals surface area contributed by atoms with Crippen molar-refractivity contribution >= 4 is 5.91 Å². The zero-order chi connectivity index (χ0) is 20.9. The van der Waals surface area contributed by atoms with Crippen LogP contribution in [0.15, 0.2) is 66.9 Å². The molecule has 152 valence electrons. The largest absolute Gasteiger partial charge is 0.350 e. The van der Waals surface area contributed by atoms with Crippen molar-refractivity contribution in [3.05, 3.63) is 101 Å². The van der Waals surface area contributed by atoms with E-state index in [1.165, 1.54) is 0 Å². The summed E-state index contributed by atoms with van der Waals surface area (Å²) in [5.74, 6) is -0.236. The van der Waals surface area contributed by atoms with Crippen LogP contribution in [0.25, 0.3) is 0 Å². The van der Waals surface area contributed by atoms with E-state index in [4.69, 9.17) is 0 Å². The lowest BCUT2D eigenvalue weighted by Gasteiger charge is -2.17. The summed E-state index contributed by atoms with van der Waals surface area (Å²) in [5.41, 5.74) is 5.57. The van der Waals surface area contributed by atoms with E-state index in [9.17, 15) is 4.79 Å². The van der Waals surface area contributed by atoms with Crippen LogP contribution in [0.3, 0.4) is 0 Å². The molecule has 7 nitrogen and oxygen atoms in total. The Hall–Kier alpha value is -3.74. The lowest BCUT2D eigenvalue weighted by atomic mass is 9.99. The normalized spacial score (nSPS) is 11.0. The van der Waals surface area contributed by atoms with Crippen molar-refractivity contribution in [1.29, 1.82) is 0 Å². The topological polar surface area (TPSA) is 88.5 Å². The molecule has 0 saturated carbocycles. The van der Waals surface area contributed by atoms with Crippen LogP contribution in [0.4, 0.5) is 0 Å². The summed E-state index contributed by atoms with van der Waals surface area (Å²) in [6.07, 6.45) is 2.42. The monoisotopic (exact) mass is 400 g/mol. The van der Waals surface area contributed by atoms with Gasteiger partial charge in [0.1, 0.15) is 6.04 Å². The van der Waals surface area contributed by atoms with Crippen molar-refractivity contribution < 1.29 is 4.79 Å². The van der Waals surface area contributed by atoms with E-state index in [1.807, 2.05) is 50.2 Å². The van der Waals surface area contributed by atoms with Crippen molar-refractivity contribution in [2.75, 3.05) is 6.54 Å². The standard InChI is InChI=1S/C23H24N6O/c1-16-20(17(2)26-25-16)13-14-24-23(30)21-15-29(28-27-21)22(18-9-5-3-6-10-18)19-11-7-4-8-12-19/h3-12,15,22H,13-14H2,1-2H3,(H,24,30)(H,25,26). The molecule has 4 aromatic rings. The number of benzene rings is 2. The highest BCUT2D eigenvalue weighted by atomic mass is 16.2. The number of aromatic amines is 1. The highest BCUT2D eigenvalue weighted by molar-refractivity contribution is 5.91. The van der Waals surface area contributed by atoms with Gasteiger partial charge in [0.15, 0.2) is 5.69 Å². The van der Waals surface area contributed by atoms with Crippen molar-refractivity contribution in [2.45, 2.75) is 26.3 Å². The lowest BCUT2D eigenvalue weighted by Crippen LogP contribution is -2.26. The SMILES string of the molecule is Cc1n[nH]c(C)c1CCNC(=O)c1cn(C(c2ccccc2)c2ccccc2)nn1. The van der Waals surface area contributed by atoms with Crippen LogP contribution in [0, 0.1) is 13.8 Å². The highest BCUT2D eigenvalue weighted by Crippen LogP contribution is 2.25. The van der Waals surface area contributed by atoms with E-state index in [0.717, 1.165) is 28.1 Å². The van der Waals surface area contributed by atoms with Crippen LogP contribution in [-0.4, -0.2) is 37.6 Å². The summed E-state index contributed by atoms with van der Waals surface area (Å²) in [4.78, 5) is 12.6. The minimum absolute atomic E-state index is 0.155. The van der Waals surface area contributed by atoms with Crippen LogP contribution in [-0.2, 0) is 6.42 Å². The van der Waals surface area contributed by atoms with Crippen molar-refractivity contribution in [3.8, 4) is 0 Å². The average molecular weight is 400 g/mol. The van der Waals surface area contributed by atoms with E-state index in [1.54, 1.807) is 10.9 Å². The van der Waals surface area contributed by atoms with Gasteiger partial charge in [-0.05, 0) is 37.0 Å². The van der Waals surface area contributed by atoms with Crippen molar-refractivity contribution in [2.24, 2.45) is 0 Å². The molecule has 0 atom stereocenters. The second-order valence-corrected chi connectivity index (χ2v) is 7.23. The van der Waals surface area contributed by atoms with Crippen LogP contribution < -0.4 is 5.32 Å². The molecular formula is C23H24N6O. The summed E-state index contributed by atoms with van der Waals surface area (Å²) >= 11 is 0. The second-order valence-electron chi connectivity index (χ2n) is 7.23. The van der Waals surface area contributed by atoms with E-state index >= 15 is 0 Å². The molecule has 1 amide bonds. The molecule has 0 aliphatic rings. The van der Waals surface area contributed by atoms with Gasteiger partial charge in [0.05, 0.1) is 11.9 Å². The average Bonchev–Trinajstić information content (AvgIpc) is 3.38. The number of nitrogens with zero attached hydrogens (tertiary/aromatic N) is 4. The van der Waals surface area contributed by atoms with Gasteiger partial charge in [0, 0.05) is 12.2 Å². The van der Waals surface area contributed by atoms with E-state index in [0.29, 0.717) is 18.7 Å². The fourth-order valence-corrected chi connectivity index (χ4v) is 3.61. The number of nitrogens with one attached hydrogen (secondary N) is 2. The predicted octanol–water partition coefficient (Wildman–Crippen LogP) is 3.23. The van der Waals surface area contributed by atoms with Crippen molar-refractivity contribution in [1.82, 2.24) is 30.5 Å². The molecular weight excluding hydrogens is 376 g/mol. The molecule has 2 aromatic carbocycles. The zero-order valence-corrected chi connectivity index (χ0v) is 17.0. The third-order valence-electron chi connectivity index (χ3n) is 5.18. The molecule has 0 aliphatic heterocycles. The first-order valence-electron chi connectivity index (χ1n) is 9.94. The van der Waals surface area contributed by atoms with Gasteiger partial charge >= 0.3 is 0 Å². The summed E-state index contributed by atoms with van der Waals surface area (Å²) < 4.78 is 1.74. The Kier molecular flexibility index (Phi) is 5.70. The third kappa shape index (κ3) is 4.15. The predicted molar refractivity (Wildman–Crippen MR) is 114 cm³/mol. The van der Waals surface area contributed by atoms with E-state index in [-0.39, 0.29) is 11.9 Å². The quantitative estimate of drug-likeness (QED) is 0.498. The highest BCUT2D eigenvalue weighted by Gasteiger charge is 2.20. The number of hydrogen-bond acceptors (Lipinski definition) is 4. The van der Waals surface area contributed by atoms with Gasteiger partial charge in [0.2, 0.25) is 0 Å². The molecule has 30 heavy (non-hydrogen) atoms.